The maximum Gasteiger partial charge on any atom is 0.323 e. The smallest absolute Gasteiger partial charge is 0.323 e. The van der Waals surface area contributed by atoms with Crippen LogP contribution in [0.5, 0.6) is 11.6 Å². The number of anilines is 2. The normalized spacial score (nSPS) is 10.6. The summed E-state index contributed by atoms with van der Waals surface area (Å²) in [5.74, 6) is 1.63. The van der Waals surface area contributed by atoms with E-state index in [1.165, 1.54) is 6.33 Å². The van der Waals surface area contributed by atoms with E-state index in [1.807, 2.05) is 31.4 Å². The second-order valence-electron chi connectivity index (χ2n) is 7.19. The van der Waals surface area contributed by atoms with Crippen molar-refractivity contribution in [3.05, 3.63) is 83.2 Å². The van der Waals surface area contributed by atoms with Gasteiger partial charge in [0.05, 0.1) is 16.4 Å². The molecule has 8 nitrogen and oxygen atoms in total. The van der Waals surface area contributed by atoms with Crippen molar-refractivity contribution in [1.29, 1.82) is 0 Å². The van der Waals surface area contributed by atoms with Gasteiger partial charge in [-0.2, -0.15) is 0 Å². The van der Waals surface area contributed by atoms with Crippen molar-refractivity contribution in [2.75, 3.05) is 10.6 Å². The van der Waals surface area contributed by atoms with Gasteiger partial charge in [0, 0.05) is 17.4 Å². The molecule has 2 N–H and O–H groups in total. The molecule has 9 heteroatoms. The van der Waals surface area contributed by atoms with Gasteiger partial charge in [-0.25, -0.2) is 19.7 Å². The molecular weight excluding hydrogens is 428 g/mol. The maximum absolute atomic E-state index is 12.3. The molecule has 162 valence electrons. The summed E-state index contributed by atoms with van der Waals surface area (Å²) in [4.78, 5) is 25.0. The molecule has 0 saturated carbocycles. The van der Waals surface area contributed by atoms with Gasteiger partial charge in [0.15, 0.2) is 0 Å². The molecule has 0 saturated heterocycles. The highest BCUT2D eigenvalue weighted by molar-refractivity contribution is 6.33. The standard InChI is InChI=1S/C23H21ClN6O2/c1-14-4-9-20(19(24)10-14)29-23(31)28-17-5-7-18(8-6-17)32-22-11-21(25-12-26-22)30-13-27-15(2)16(30)3/h4-13H,1-3H3,(H2,28,29,31). The summed E-state index contributed by atoms with van der Waals surface area (Å²) >= 11 is 6.16. The number of benzene rings is 2. The van der Waals surface area contributed by atoms with Gasteiger partial charge in [-0.15, -0.1) is 0 Å². The average Bonchev–Trinajstić information content (AvgIpc) is 3.10. The van der Waals surface area contributed by atoms with Crippen molar-refractivity contribution < 1.29 is 9.53 Å². The Morgan fingerprint density at radius 1 is 0.969 bits per heavy atom. The molecular formula is C23H21ClN6O2. The van der Waals surface area contributed by atoms with E-state index >= 15 is 0 Å². The van der Waals surface area contributed by atoms with E-state index in [2.05, 4.69) is 25.6 Å². The van der Waals surface area contributed by atoms with E-state index in [1.54, 1.807) is 48.8 Å². The lowest BCUT2D eigenvalue weighted by atomic mass is 10.2. The number of rotatable bonds is 5. The molecule has 32 heavy (non-hydrogen) atoms. The van der Waals surface area contributed by atoms with E-state index in [9.17, 15) is 4.79 Å². The first-order chi connectivity index (χ1) is 15.4. The lowest BCUT2D eigenvalue weighted by Crippen LogP contribution is -2.19. The summed E-state index contributed by atoms with van der Waals surface area (Å²) in [6.07, 6.45) is 3.15. The Balaban J connectivity index is 1.40. The molecule has 0 aliphatic heterocycles. The van der Waals surface area contributed by atoms with Crippen molar-refractivity contribution in [1.82, 2.24) is 19.5 Å². The van der Waals surface area contributed by atoms with E-state index in [4.69, 9.17) is 16.3 Å². The number of nitrogens with zero attached hydrogens (tertiary/aromatic N) is 4. The molecule has 0 spiro atoms. The van der Waals surface area contributed by atoms with Crippen LogP contribution in [0.3, 0.4) is 0 Å². The zero-order chi connectivity index (χ0) is 22.7. The van der Waals surface area contributed by atoms with Gasteiger partial charge in [-0.3, -0.25) is 4.57 Å². The summed E-state index contributed by atoms with van der Waals surface area (Å²) in [5, 5.41) is 5.97. The Kier molecular flexibility index (Phi) is 6.04. The van der Waals surface area contributed by atoms with Crippen LogP contribution in [-0.4, -0.2) is 25.6 Å². The van der Waals surface area contributed by atoms with Gasteiger partial charge in [0.2, 0.25) is 5.88 Å². The molecule has 4 aromatic rings. The first-order valence-electron chi connectivity index (χ1n) is 9.84. The van der Waals surface area contributed by atoms with Crippen LogP contribution in [0.1, 0.15) is 17.0 Å². The van der Waals surface area contributed by atoms with Gasteiger partial charge in [-0.05, 0) is 62.7 Å². The summed E-state index contributed by atoms with van der Waals surface area (Å²) in [7, 11) is 0. The number of aryl methyl sites for hydroxylation is 2. The molecule has 0 radical (unpaired) electrons. The molecule has 4 rings (SSSR count). The molecule has 0 unspecified atom stereocenters. The van der Waals surface area contributed by atoms with Crippen LogP contribution in [0.4, 0.5) is 16.2 Å². The number of imidazole rings is 1. The largest absolute Gasteiger partial charge is 0.439 e. The minimum atomic E-state index is -0.393. The van der Waals surface area contributed by atoms with Gasteiger partial charge >= 0.3 is 6.03 Å². The SMILES string of the molecule is Cc1ccc(NC(=O)Nc2ccc(Oc3cc(-n4cnc(C)c4C)ncn3)cc2)c(Cl)c1. The average molecular weight is 449 g/mol. The zero-order valence-corrected chi connectivity index (χ0v) is 18.5. The molecule has 0 bridgehead atoms. The van der Waals surface area contributed by atoms with Crippen LogP contribution in [0.2, 0.25) is 5.02 Å². The first-order valence-corrected chi connectivity index (χ1v) is 10.2. The fourth-order valence-electron chi connectivity index (χ4n) is 2.98. The van der Waals surface area contributed by atoms with Crippen LogP contribution < -0.4 is 15.4 Å². The molecule has 2 heterocycles. The minimum absolute atomic E-state index is 0.393. The number of ether oxygens (including phenoxy) is 1. The van der Waals surface area contributed by atoms with Crippen LogP contribution in [0.25, 0.3) is 5.82 Å². The fourth-order valence-corrected chi connectivity index (χ4v) is 3.26. The number of hydrogen-bond donors (Lipinski definition) is 2. The predicted octanol–water partition coefficient (Wildman–Crippen LogP) is 5.68. The molecule has 2 amide bonds. The highest BCUT2D eigenvalue weighted by Crippen LogP contribution is 2.25. The van der Waals surface area contributed by atoms with E-state index in [-0.39, 0.29) is 0 Å². The van der Waals surface area contributed by atoms with Crippen LogP contribution in [0, 0.1) is 20.8 Å². The number of urea groups is 1. The lowest BCUT2D eigenvalue weighted by molar-refractivity contribution is 0.262. The Morgan fingerprint density at radius 2 is 1.75 bits per heavy atom. The summed E-state index contributed by atoms with van der Waals surface area (Å²) in [6, 6.07) is 13.7. The molecule has 0 atom stereocenters. The fraction of sp³-hybridized carbons (Fsp3) is 0.130. The van der Waals surface area contributed by atoms with Crippen molar-refractivity contribution in [3.8, 4) is 17.4 Å². The van der Waals surface area contributed by atoms with Crippen molar-refractivity contribution >= 4 is 29.0 Å². The first kappa shape index (κ1) is 21.3. The van der Waals surface area contributed by atoms with Gasteiger partial charge < -0.3 is 15.4 Å². The maximum atomic E-state index is 12.3. The Bertz CT molecular complexity index is 1270. The summed E-state index contributed by atoms with van der Waals surface area (Å²) in [6.45, 7) is 5.84. The highest BCUT2D eigenvalue weighted by atomic mass is 35.5. The summed E-state index contributed by atoms with van der Waals surface area (Å²) < 4.78 is 7.71. The van der Waals surface area contributed by atoms with Gasteiger partial charge in [0.1, 0.15) is 24.2 Å². The quantitative estimate of drug-likeness (QED) is 0.409. The van der Waals surface area contributed by atoms with Crippen molar-refractivity contribution in [2.24, 2.45) is 0 Å². The number of halogens is 1. The van der Waals surface area contributed by atoms with E-state index < -0.39 is 6.03 Å². The van der Waals surface area contributed by atoms with Gasteiger partial charge in [0.25, 0.3) is 0 Å². The molecule has 0 aliphatic carbocycles. The number of carbonyl (C=O) groups excluding carboxylic acids is 1. The number of nitrogens with one attached hydrogen (secondary N) is 2. The molecule has 2 aromatic carbocycles. The Morgan fingerprint density at radius 3 is 2.44 bits per heavy atom. The van der Waals surface area contributed by atoms with Gasteiger partial charge in [-0.1, -0.05) is 17.7 Å². The Labute approximate surface area is 190 Å². The highest BCUT2D eigenvalue weighted by Gasteiger charge is 2.09. The minimum Gasteiger partial charge on any atom is -0.439 e. The topological polar surface area (TPSA) is 94.0 Å². The third kappa shape index (κ3) is 4.87. The van der Waals surface area contributed by atoms with Crippen LogP contribution in [0.15, 0.2) is 61.2 Å². The number of hydrogen-bond acceptors (Lipinski definition) is 5. The zero-order valence-electron chi connectivity index (χ0n) is 17.8. The second-order valence-corrected chi connectivity index (χ2v) is 7.60. The van der Waals surface area contributed by atoms with Crippen molar-refractivity contribution in [2.45, 2.75) is 20.8 Å². The van der Waals surface area contributed by atoms with E-state index in [0.29, 0.717) is 33.8 Å². The molecule has 0 fully saturated rings. The number of amides is 2. The number of aromatic nitrogens is 4. The van der Waals surface area contributed by atoms with Crippen molar-refractivity contribution in [3.63, 3.8) is 0 Å². The Hall–Kier alpha value is -3.91. The summed E-state index contributed by atoms with van der Waals surface area (Å²) in [5.41, 5.74) is 4.09. The van der Waals surface area contributed by atoms with Crippen LogP contribution in [-0.2, 0) is 0 Å². The monoisotopic (exact) mass is 448 g/mol. The number of carbonyl (C=O) groups is 1. The second kappa shape index (κ2) is 9.07. The van der Waals surface area contributed by atoms with Crippen LogP contribution >= 0.6 is 11.6 Å². The predicted molar refractivity (Wildman–Crippen MR) is 124 cm³/mol. The third-order valence-electron chi connectivity index (χ3n) is 4.83. The molecule has 2 aromatic heterocycles. The van der Waals surface area contributed by atoms with E-state index in [0.717, 1.165) is 17.0 Å². The lowest BCUT2D eigenvalue weighted by Gasteiger charge is -2.11. The third-order valence-corrected chi connectivity index (χ3v) is 5.15. The molecule has 0 aliphatic rings.